The van der Waals surface area contributed by atoms with Crippen LogP contribution in [0.3, 0.4) is 0 Å². The van der Waals surface area contributed by atoms with Gasteiger partial charge in [-0.15, -0.1) is 0 Å². The molecule has 1 aromatic rings. The van der Waals surface area contributed by atoms with Gasteiger partial charge < -0.3 is 10.8 Å². The largest absolute Gasteiger partial charge is 0.399 e. The Labute approximate surface area is 102 Å². The average molecular weight is 258 g/mol. The molecule has 1 rings (SSSR count). The number of nitrogens with one attached hydrogen (secondary N) is 1. The van der Waals surface area contributed by atoms with E-state index in [0.29, 0.717) is 12.1 Å². The summed E-state index contributed by atoms with van der Waals surface area (Å²) in [6.45, 7) is 3.43. The Morgan fingerprint density at radius 2 is 2.06 bits per heavy atom. The van der Waals surface area contributed by atoms with E-state index in [9.17, 15) is 8.42 Å². The van der Waals surface area contributed by atoms with Crippen LogP contribution in [-0.4, -0.2) is 26.2 Å². The van der Waals surface area contributed by atoms with Crippen LogP contribution in [0.5, 0.6) is 0 Å². The molecule has 0 fully saturated rings. The minimum atomic E-state index is -3.57. The first-order valence-electron chi connectivity index (χ1n) is 5.35. The molecule has 0 aliphatic heterocycles. The summed E-state index contributed by atoms with van der Waals surface area (Å²) in [7, 11) is -3.57. The van der Waals surface area contributed by atoms with E-state index >= 15 is 0 Å². The van der Waals surface area contributed by atoms with Gasteiger partial charge in [-0.1, -0.05) is 0 Å². The lowest BCUT2D eigenvalue weighted by atomic mass is 10.2. The molecule has 0 aliphatic rings. The van der Waals surface area contributed by atoms with Crippen LogP contribution < -0.4 is 10.5 Å². The maximum atomic E-state index is 12.0. The molecule has 6 heteroatoms. The maximum Gasteiger partial charge on any atom is 0.240 e. The minimum absolute atomic E-state index is 0.0559. The van der Waals surface area contributed by atoms with E-state index in [0.717, 1.165) is 5.56 Å². The molecule has 0 radical (unpaired) electrons. The molecule has 0 aromatic heterocycles. The molecule has 1 atom stereocenters. The van der Waals surface area contributed by atoms with Gasteiger partial charge in [0.25, 0.3) is 0 Å². The number of sulfonamides is 1. The van der Waals surface area contributed by atoms with Gasteiger partial charge in [-0.2, -0.15) is 0 Å². The van der Waals surface area contributed by atoms with Gasteiger partial charge in [0.2, 0.25) is 10.0 Å². The van der Waals surface area contributed by atoms with Crippen molar-refractivity contribution in [3.05, 3.63) is 23.8 Å². The fraction of sp³-hybridized carbons (Fsp3) is 0.455. The van der Waals surface area contributed by atoms with Crippen molar-refractivity contribution in [2.75, 3.05) is 12.3 Å². The van der Waals surface area contributed by atoms with Gasteiger partial charge in [-0.05, 0) is 44.0 Å². The lowest BCUT2D eigenvalue weighted by molar-refractivity contribution is 0.275. The Morgan fingerprint density at radius 1 is 1.41 bits per heavy atom. The second-order valence-corrected chi connectivity index (χ2v) is 5.83. The van der Waals surface area contributed by atoms with Crippen molar-refractivity contribution < 1.29 is 13.5 Å². The third-order valence-corrected chi connectivity index (χ3v) is 3.87. The lowest BCUT2D eigenvalue weighted by Gasteiger charge is -2.13. The Morgan fingerprint density at radius 3 is 2.59 bits per heavy atom. The quantitative estimate of drug-likeness (QED) is 0.675. The molecule has 0 saturated carbocycles. The number of hydrogen-bond acceptors (Lipinski definition) is 4. The van der Waals surface area contributed by atoms with Gasteiger partial charge in [0.1, 0.15) is 0 Å². The summed E-state index contributed by atoms with van der Waals surface area (Å²) in [4.78, 5) is 0.153. The van der Waals surface area contributed by atoms with Gasteiger partial charge in [0, 0.05) is 18.3 Å². The van der Waals surface area contributed by atoms with E-state index in [1.165, 1.54) is 6.07 Å². The molecule has 0 heterocycles. The molecule has 0 saturated heterocycles. The van der Waals surface area contributed by atoms with E-state index in [-0.39, 0.29) is 17.5 Å². The molecule has 0 spiro atoms. The van der Waals surface area contributed by atoms with Crippen LogP contribution in [0.1, 0.15) is 18.9 Å². The van der Waals surface area contributed by atoms with Crippen molar-refractivity contribution in [2.24, 2.45) is 0 Å². The van der Waals surface area contributed by atoms with Gasteiger partial charge in [-0.3, -0.25) is 0 Å². The second kappa shape index (κ2) is 5.48. The molecular weight excluding hydrogens is 240 g/mol. The summed E-state index contributed by atoms with van der Waals surface area (Å²) in [6.07, 6.45) is 0.376. The highest BCUT2D eigenvalue weighted by Gasteiger charge is 2.17. The van der Waals surface area contributed by atoms with Crippen LogP contribution in [-0.2, 0) is 10.0 Å². The van der Waals surface area contributed by atoms with Crippen molar-refractivity contribution in [3.63, 3.8) is 0 Å². The van der Waals surface area contributed by atoms with Crippen LogP contribution in [0.4, 0.5) is 5.69 Å². The van der Waals surface area contributed by atoms with Crippen LogP contribution >= 0.6 is 0 Å². The van der Waals surface area contributed by atoms with Gasteiger partial charge >= 0.3 is 0 Å². The van der Waals surface area contributed by atoms with Crippen LogP contribution in [0.25, 0.3) is 0 Å². The first-order chi connectivity index (χ1) is 7.85. The summed E-state index contributed by atoms with van der Waals surface area (Å²) in [5.74, 6) is 0. The fourth-order valence-corrected chi connectivity index (χ4v) is 2.93. The maximum absolute atomic E-state index is 12.0. The third-order valence-electron chi connectivity index (χ3n) is 2.30. The highest BCUT2D eigenvalue weighted by molar-refractivity contribution is 7.89. The molecule has 0 amide bonds. The molecule has 17 heavy (non-hydrogen) atoms. The topological polar surface area (TPSA) is 92.4 Å². The summed E-state index contributed by atoms with van der Waals surface area (Å²) < 4.78 is 26.4. The van der Waals surface area contributed by atoms with Crippen molar-refractivity contribution in [3.8, 4) is 0 Å². The van der Waals surface area contributed by atoms with E-state index in [2.05, 4.69) is 4.72 Å². The zero-order valence-electron chi connectivity index (χ0n) is 9.97. The second-order valence-electron chi connectivity index (χ2n) is 4.11. The Balaban J connectivity index is 2.97. The Bertz CT molecular complexity index is 465. The summed E-state index contributed by atoms with van der Waals surface area (Å²) >= 11 is 0. The first kappa shape index (κ1) is 14.0. The van der Waals surface area contributed by atoms with Crippen molar-refractivity contribution >= 4 is 15.7 Å². The first-order valence-corrected chi connectivity index (χ1v) is 6.84. The summed E-state index contributed by atoms with van der Waals surface area (Å²) in [5.41, 5.74) is 6.82. The minimum Gasteiger partial charge on any atom is -0.399 e. The van der Waals surface area contributed by atoms with Gasteiger partial charge in [0.05, 0.1) is 4.90 Å². The lowest BCUT2D eigenvalue weighted by Crippen LogP contribution is -2.33. The van der Waals surface area contributed by atoms with Crippen molar-refractivity contribution in [1.29, 1.82) is 0 Å². The van der Waals surface area contributed by atoms with E-state index < -0.39 is 10.0 Å². The van der Waals surface area contributed by atoms with Crippen molar-refractivity contribution in [1.82, 2.24) is 4.72 Å². The number of rotatable bonds is 5. The molecule has 0 aliphatic carbocycles. The predicted molar refractivity (Wildman–Crippen MR) is 67.1 cm³/mol. The number of anilines is 1. The zero-order chi connectivity index (χ0) is 13.1. The Kier molecular flexibility index (Phi) is 4.50. The zero-order valence-corrected chi connectivity index (χ0v) is 10.8. The molecule has 5 nitrogen and oxygen atoms in total. The molecule has 4 N–H and O–H groups in total. The fourth-order valence-electron chi connectivity index (χ4n) is 1.52. The molecule has 96 valence electrons. The number of aliphatic hydroxyl groups excluding tert-OH is 1. The van der Waals surface area contributed by atoms with E-state index in [4.69, 9.17) is 10.8 Å². The normalized spacial score (nSPS) is 13.6. The van der Waals surface area contributed by atoms with E-state index in [1.807, 2.05) is 0 Å². The summed E-state index contributed by atoms with van der Waals surface area (Å²) in [6, 6.07) is 4.37. The highest BCUT2D eigenvalue weighted by Crippen LogP contribution is 2.16. The smallest absolute Gasteiger partial charge is 0.240 e. The Hall–Kier alpha value is -1.11. The third kappa shape index (κ3) is 3.99. The standard InChI is InChI=1S/C11H18N2O3S/c1-8-5-10(12)7-11(6-8)17(15,16)13-9(2)3-4-14/h5-7,9,13-14H,3-4,12H2,1-2H3. The molecule has 0 bridgehead atoms. The van der Waals surface area contributed by atoms with Crippen molar-refractivity contribution in [2.45, 2.75) is 31.2 Å². The number of aryl methyl sites for hydroxylation is 1. The van der Waals surface area contributed by atoms with Gasteiger partial charge in [0.15, 0.2) is 0 Å². The van der Waals surface area contributed by atoms with Crippen LogP contribution in [0.2, 0.25) is 0 Å². The summed E-state index contributed by atoms with van der Waals surface area (Å²) in [5, 5.41) is 8.74. The number of aliphatic hydroxyl groups is 1. The molecule has 1 unspecified atom stereocenters. The number of nitrogen functional groups attached to an aromatic ring is 1. The van der Waals surface area contributed by atoms with E-state index in [1.54, 1.807) is 26.0 Å². The molecule has 1 aromatic carbocycles. The average Bonchev–Trinajstić information content (AvgIpc) is 2.15. The predicted octanol–water partition coefficient (Wildman–Crippen LogP) is 0.626. The SMILES string of the molecule is Cc1cc(N)cc(S(=O)(=O)NC(C)CCO)c1. The monoisotopic (exact) mass is 258 g/mol. The molecular formula is C11H18N2O3S. The van der Waals surface area contributed by atoms with Gasteiger partial charge in [-0.25, -0.2) is 13.1 Å². The van der Waals surface area contributed by atoms with Crippen LogP contribution in [0, 0.1) is 6.92 Å². The number of nitrogens with two attached hydrogens (primary N) is 1. The number of benzene rings is 1. The number of hydrogen-bond donors (Lipinski definition) is 3. The highest BCUT2D eigenvalue weighted by atomic mass is 32.2. The van der Waals surface area contributed by atoms with Crippen LogP contribution in [0.15, 0.2) is 23.1 Å².